The Morgan fingerprint density at radius 2 is 1.50 bits per heavy atom. The fourth-order valence-electron chi connectivity index (χ4n) is 0. The zero-order chi connectivity index (χ0) is 4.71. The van der Waals surface area contributed by atoms with E-state index in [4.69, 9.17) is 10.1 Å². The van der Waals surface area contributed by atoms with Crippen molar-refractivity contribution in [2.45, 2.75) is 0 Å². The van der Waals surface area contributed by atoms with Gasteiger partial charge in [-0.05, 0) is 0 Å². The number of nitrogens with two attached hydrogens (primary N) is 2. The van der Waals surface area contributed by atoms with Gasteiger partial charge in [0, 0.05) is 0 Å². The second-order valence-corrected chi connectivity index (χ2v) is 0.0745. The van der Waals surface area contributed by atoms with Crippen LogP contribution in [-0.4, -0.2) is 0 Å². The molecule has 0 aliphatic carbocycles. The van der Waals surface area contributed by atoms with E-state index in [0.717, 1.165) is 5.34 Å². The summed E-state index contributed by atoms with van der Waals surface area (Å²) in [6, 6.07) is 0. The van der Waals surface area contributed by atoms with Crippen molar-refractivity contribution < 1.29 is 29.6 Å². The van der Waals surface area contributed by atoms with Crippen LogP contribution in [0.15, 0.2) is 5.34 Å². The third-order valence-electron chi connectivity index (χ3n) is 0. The summed E-state index contributed by atoms with van der Waals surface area (Å²) in [6.07, 6.45) is 0. The van der Waals surface area contributed by atoms with Gasteiger partial charge in [0.2, 0.25) is 0 Å². The molecule has 0 heterocycles. The quantitative estimate of drug-likeness (QED) is 0.141. The van der Waals surface area contributed by atoms with E-state index in [1.54, 1.807) is 0 Å². The summed E-state index contributed by atoms with van der Waals surface area (Å²) in [4.78, 5) is 8.00. The Kier molecular flexibility index (Phi) is 154. The van der Waals surface area contributed by atoms with Gasteiger partial charge in [-0.15, -0.1) is 5.34 Å². The average molecular weight is 101 g/mol. The van der Waals surface area contributed by atoms with Gasteiger partial charge in [-0.1, -0.05) is 0 Å². The summed E-state index contributed by atoms with van der Waals surface area (Å²) >= 11 is 0. The monoisotopic (exact) mass is 101 g/mol. The zero-order valence-corrected chi connectivity index (χ0v) is 5.42. The Labute approximate surface area is 56.9 Å². The summed E-state index contributed by atoms with van der Waals surface area (Å²) in [5.74, 6) is 8.00. The molecule has 0 aliphatic heterocycles. The minimum atomic E-state index is 0. The van der Waals surface area contributed by atoms with Crippen LogP contribution in [0.2, 0.25) is 0 Å². The van der Waals surface area contributed by atoms with Gasteiger partial charge >= 0.3 is 29.6 Å². The van der Waals surface area contributed by atoms with Gasteiger partial charge in [0.15, 0.2) is 0 Å². The second-order valence-electron chi connectivity index (χ2n) is 0.0745. The average Bonchev–Trinajstić information content (AvgIpc) is 1.46. The standard InChI is InChI=1S/H4N2.HNO2.Na/c1-2;2-1-3;/h1-2H2;(H,2,3);/q;;+1/p-1. The minimum absolute atomic E-state index is 0. The van der Waals surface area contributed by atoms with Crippen LogP contribution >= 0.6 is 0 Å². The fraction of sp³-hybridized carbons (Fsp3) is 0. The molecule has 0 aromatic heterocycles. The Bertz CT molecular complexity index is 16.3. The number of hydrogen-bond donors (Lipinski definition) is 2. The molecule has 0 aliphatic rings. The maximum Gasteiger partial charge on any atom is 1.00 e. The van der Waals surface area contributed by atoms with Crippen molar-refractivity contribution in [1.29, 1.82) is 0 Å². The first kappa shape index (κ1) is 16.2. The van der Waals surface area contributed by atoms with Crippen molar-refractivity contribution in [3.05, 3.63) is 10.1 Å². The van der Waals surface area contributed by atoms with E-state index in [1.165, 1.54) is 0 Å². The second kappa shape index (κ2) is 57.0. The van der Waals surface area contributed by atoms with Crippen molar-refractivity contribution in [3.63, 3.8) is 0 Å². The summed E-state index contributed by atoms with van der Waals surface area (Å²) in [5, 5.41) is 9.00. The molecule has 0 aromatic rings. The predicted molar refractivity (Wildman–Crippen MR) is 17.5 cm³/mol. The summed E-state index contributed by atoms with van der Waals surface area (Å²) < 4.78 is 0. The van der Waals surface area contributed by atoms with Crippen LogP contribution in [0.4, 0.5) is 0 Å². The van der Waals surface area contributed by atoms with E-state index >= 15 is 0 Å². The van der Waals surface area contributed by atoms with Crippen LogP contribution in [0.25, 0.3) is 0 Å². The third kappa shape index (κ3) is 465. The SMILES string of the molecule is NN.O=N[O-].[Na+]. The first-order chi connectivity index (χ1) is 2.41. The van der Waals surface area contributed by atoms with Crippen LogP contribution in [0.5, 0.6) is 0 Å². The number of hydrazine groups is 1. The van der Waals surface area contributed by atoms with Gasteiger partial charge in [-0.25, -0.2) is 0 Å². The normalized spacial score (nSPS) is 3.00. The van der Waals surface area contributed by atoms with Crippen LogP contribution in [-0.2, 0) is 0 Å². The first-order valence-electron chi connectivity index (χ1n) is 0.698. The molecule has 6 heavy (non-hydrogen) atoms. The smallest absolute Gasteiger partial charge is 0.444 e. The maximum atomic E-state index is 8.00. The Morgan fingerprint density at radius 3 is 1.50 bits per heavy atom. The third-order valence-corrected chi connectivity index (χ3v) is 0. The molecule has 0 spiro atoms. The molecular weight excluding hydrogens is 97.0 g/mol. The van der Waals surface area contributed by atoms with Crippen molar-refractivity contribution in [2.24, 2.45) is 17.0 Å². The number of nitrogens with zero attached hydrogens (tertiary/aromatic N) is 1. The van der Waals surface area contributed by atoms with Crippen LogP contribution < -0.4 is 41.2 Å². The van der Waals surface area contributed by atoms with Crippen LogP contribution in [0.3, 0.4) is 0 Å². The van der Waals surface area contributed by atoms with Crippen LogP contribution in [0.1, 0.15) is 0 Å². The topological polar surface area (TPSA) is 105 Å². The first-order valence-corrected chi connectivity index (χ1v) is 0.698. The minimum Gasteiger partial charge on any atom is -0.444 e. The van der Waals surface area contributed by atoms with E-state index in [-0.39, 0.29) is 29.6 Å². The van der Waals surface area contributed by atoms with Gasteiger partial charge in [-0.3, -0.25) is 11.7 Å². The molecule has 0 bridgehead atoms. The Balaban J connectivity index is -0.0000000275. The molecular formula is H4N3NaO2. The summed E-state index contributed by atoms with van der Waals surface area (Å²) in [7, 11) is 0. The Hall–Kier alpha value is 0.320. The van der Waals surface area contributed by atoms with Gasteiger partial charge in [0.1, 0.15) is 0 Å². The van der Waals surface area contributed by atoms with Crippen molar-refractivity contribution in [2.75, 3.05) is 0 Å². The van der Waals surface area contributed by atoms with Crippen molar-refractivity contribution in [1.82, 2.24) is 0 Å². The Morgan fingerprint density at radius 1 is 1.50 bits per heavy atom. The molecule has 0 amide bonds. The molecule has 5 nitrogen and oxygen atoms in total. The molecule has 0 aromatic carbocycles. The van der Waals surface area contributed by atoms with Crippen LogP contribution in [0, 0.1) is 10.1 Å². The molecule has 0 radical (unpaired) electrons. The van der Waals surface area contributed by atoms with Crippen molar-refractivity contribution >= 4 is 0 Å². The summed E-state index contributed by atoms with van der Waals surface area (Å²) in [6.45, 7) is 0. The van der Waals surface area contributed by atoms with E-state index in [0.29, 0.717) is 0 Å². The van der Waals surface area contributed by atoms with E-state index in [1.807, 2.05) is 0 Å². The van der Waals surface area contributed by atoms with Gasteiger partial charge in [-0.2, -0.15) is 0 Å². The number of hydrogen-bond acceptors (Lipinski definition) is 5. The largest absolute Gasteiger partial charge is 1.00 e. The summed E-state index contributed by atoms with van der Waals surface area (Å²) in [5.41, 5.74) is 0. The van der Waals surface area contributed by atoms with Crippen molar-refractivity contribution in [3.8, 4) is 0 Å². The molecule has 0 unspecified atom stereocenters. The molecule has 0 fully saturated rings. The molecule has 4 N–H and O–H groups in total. The molecule has 32 valence electrons. The maximum absolute atomic E-state index is 8.00. The van der Waals surface area contributed by atoms with Gasteiger partial charge < -0.3 is 10.1 Å². The number of rotatable bonds is 0. The van der Waals surface area contributed by atoms with E-state index in [9.17, 15) is 0 Å². The van der Waals surface area contributed by atoms with Gasteiger partial charge in [0.25, 0.3) is 0 Å². The molecule has 0 saturated heterocycles. The predicted octanol–water partition coefficient (Wildman–Crippen LogP) is -3.93. The zero-order valence-electron chi connectivity index (χ0n) is 3.42. The van der Waals surface area contributed by atoms with E-state index < -0.39 is 0 Å². The molecule has 0 rings (SSSR count). The molecule has 0 saturated carbocycles. The van der Waals surface area contributed by atoms with E-state index in [2.05, 4.69) is 11.7 Å². The molecule has 6 heteroatoms. The fourth-order valence-corrected chi connectivity index (χ4v) is 0. The molecule has 0 atom stereocenters. The van der Waals surface area contributed by atoms with Gasteiger partial charge in [0.05, 0.1) is 0 Å².